The van der Waals surface area contributed by atoms with Crippen LogP contribution in [0, 0.1) is 0 Å². The minimum atomic E-state index is -1.91. The zero-order valence-corrected chi connectivity index (χ0v) is 26.2. The molecule has 1 aliphatic rings. The van der Waals surface area contributed by atoms with Crippen molar-refractivity contribution >= 4 is 14.4 Å². The lowest BCUT2D eigenvalue weighted by Crippen LogP contribution is -2.43. The second-order valence-electron chi connectivity index (χ2n) is 12.2. The number of hydrogen-bond donors (Lipinski definition) is 1. The molecule has 3 aromatic rings. The summed E-state index contributed by atoms with van der Waals surface area (Å²) in [5.74, 6) is 0.0500. The normalized spacial score (nSPS) is 13.9. The van der Waals surface area contributed by atoms with Crippen LogP contribution in [0.4, 0.5) is 4.79 Å². The molecule has 41 heavy (non-hydrogen) atoms. The van der Waals surface area contributed by atoms with Gasteiger partial charge in [-0.2, -0.15) is 0 Å². The third-order valence-electron chi connectivity index (χ3n) is 8.14. The van der Waals surface area contributed by atoms with Gasteiger partial charge in [0, 0.05) is 19.1 Å². The lowest BCUT2D eigenvalue weighted by atomic mass is 9.98. The van der Waals surface area contributed by atoms with E-state index < -0.39 is 14.4 Å². The molecule has 220 valence electrons. The highest BCUT2D eigenvalue weighted by Crippen LogP contribution is 2.44. The summed E-state index contributed by atoms with van der Waals surface area (Å²) in [6, 6.07) is 26.8. The molecule has 6 nitrogen and oxygen atoms in total. The van der Waals surface area contributed by atoms with E-state index in [-0.39, 0.29) is 17.1 Å². The lowest BCUT2D eigenvalue weighted by molar-refractivity contribution is -0.0442. The van der Waals surface area contributed by atoms with Gasteiger partial charge >= 0.3 is 6.09 Å². The van der Waals surface area contributed by atoms with Crippen LogP contribution in [0.25, 0.3) is 11.1 Å². The molecule has 0 saturated carbocycles. The smallest absolute Gasteiger partial charge is 0.407 e. The first-order valence-electron chi connectivity index (χ1n) is 14.6. The van der Waals surface area contributed by atoms with E-state index in [1.165, 1.54) is 22.3 Å². The Hall–Kier alpha value is -2.97. The Labute approximate surface area is 246 Å². The van der Waals surface area contributed by atoms with E-state index in [0.717, 1.165) is 5.56 Å². The van der Waals surface area contributed by atoms with Crippen molar-refractivity contribution in [2.45, 2.75) is 64.0 Å². The highest BCUT2D eigenvalue weighted by molar-refractivity contribution is 6.74. The fraction of sp³-hybridized carbons (Fsp3) is 0.441. The maximum absolute atomic E-state index is 12.5. The van der Waals surface area contributed by atoms with Gasteiger partial charge in [0.25, 0.3) is 0 Å². The molecule has 0 unspecified atom stereocenters. The molecule has 1 amide bonds. The van der Waals surface area contributed by atoms with Gasteiger partial charge in [-0.1, -0.05) is 99.6 Å². The number of benzene rings is 3. The Morgan fingerprint density at radius 1 is 0.878 bits per heavy atom. The SMILES string of the molecule is CC(C)(C)[Si](C)(C)OC[C@@H](COCc1ccccc1)OCCCNC(=O)OCC1c2ccccc2-c2ccccc21. The molecule has 3 aromatic carbocycles. The largest absolute Gasteiger partial charge is 0.449 e. The Bertz CT molecular complexity index is 1210. The zero-order chi connectivity index (χ0) is 29.3. The van der Waals surface area contributed by atoms with Crippen LogP contribution in [0.1, 0.15) is 49.8 Å². The van der Waals surface area contributed by atoms with E-state index in [1.807, 2.05) is 42.5 Å². The summed E-state index contributed by atoms with van der Waals surface area (Å²) in [6.45, 7) is 13.9. The van der Waals surface area contributed by atoms with Gasteiger partial charge in [0.1, 0.15) is 12.7 Å². The molecule has 1 atom stereocenters. The highest BCUT2D eigenvalue weighted by Gasteiger charge is 2.37. The van der Waals surface area contributed by atoms with E-state index in [1.54, 1.807) is 0 Å². The molecule has 4 rings (SSSR count). The summed E-state index contributed by atoms with van der Waals surface area (Å²) in [5, 5.41) is 2.99. The van der Waals surface area contributed by atoms with Crippen molar-refractivity contribution in [1.29, 1.82) is 0 Å². The molecule has 0 aliphatic heterocycles. The van der Waals surface area contributed by atoms with Crippen LogP contribution in [0.3, 0.4) is 0 Å². The molecule has 0 saturated heterocycles. The first-order valence-corrected chi connectivity index (χ1v) is 17.5. The van der Waals surface area contributed by atoms with E-state index in [4.69, 9.17) is 18.6 Å². The fourth-order valence-electron chi connectivity index (χ4n) is 4.71. The molecular weight excluding hydrogens is 530 g/mol. The van der Waals surface area contributed by atoms with Crippen molar-refractivity contribution < 1.29 is 23.4 Å². The summed E-state index contributed by atoms with van der Waals surface area (Å²) >= 11 is 0. The van der Waals surface area contributed by atoms with Gasteiger partial charge in [-0.25, -0.2) is 4.79 Å². The van der Waals surface area contributed by atoms with Crippen molar-refractivity contribution in [3.63, 3.8) is 0 Å². The third kappa shape index (κ3) is 8.52. The van der Waals surface area contributed by atoms with E-state index >= 15 is 0 Å². The summed E-state index contributed by atoms with van der Waals surface area (Å²) < 4.78 is 24.2. The first-order chi connectivity index (χ1) is 19.7. The average Bonchev–Trinajstić information content (AvgIpc) is 3.28. The van der Waals surface area contributed by atoms with Gasteiger partial charge in [-0.05, 0) is 52.4 Å². The van der Waals surface area contributed by atoms with Crippen molar-refractivity contribution in [1.82, 2.24) is 5.32 Å². The molecule has 1 N–H and O–H groups in total. The molecule has 0 heterocycles. The molecule has 0 spiro atoms. The van der Waals surface area contributed by atoms with Crippen LogP contribution in [0.15, 0.2) is 78.9 Å². The average molecular weight is 576 g/mol. The van der Waals surface area contributed by atoms with Gasteiger partial charge in [0.2, 0.25) is 0 Å². The minimum absolute atomic E-state index is 0.0500. The number of alkyl carbamates (subject to hydrolysis) is 1. The van der Waals surface area contributed by atoms with Gasteiger partial charge in [0.05, 0.1) is 19.8 Å². The van der Waals surface area contributed by atoms with Crippen LogP contribution < -0.4 is 5.32 Å². The van der Waals surface area contributed by atoms with Gasteiger partial charge in [-0.3, -0.25) is 0 Å². The Morgan fingerprint density at radius 2 is 1.49 bits per heavy atom. The zero-order valence-electron chi connectivity index (χ0n) is 25.2. The van der Waals surface area contributed by atoms with Crippen LogP contribution in [0.5, 0.6) is 0 Å². The first kappa shape index (κ1) is 31.0. The minimum Gasteiger partial charge on any atom is -0.449 e. The molecule has 0 radical (unpaired) electrons. The predicted octanol–water partition coefficient (Wildman–Crippen LogP) is 7.54. The van der Waals surface area contributed by atoms with Crippen LogP contribution in [0.2, 0.25) is 18.1 Å². The monoisotopic (exact) mass is 575 g/mol. The lowest BCUT2D eigenvalue weighted by Gasteiger charge is -2.37. The molecule has 7 heteroatoms. The summed E-state index contributed by atoms with van der Waals surface area (Å²) in [5.41, 5.74) is 5.97. The molecule has 0 aromatic heterocycles. The number of fused-ring (bicyclic) bond motifs is 3. The highest BCUT2D eigenvalue weighted by atomic mass is 28.4. The summed E-state index contributed by atoms with van der Waals surface area (Å²) in [6.07, 6.45) is 0.0811. The Balaban J connectivity index is 1.20. The second kappa shape index (κ2) is 14.3. The number of carbonyl (C=O) groups is 1. The van der Waals surface area contributed by atoms with Gasteiger partial charge in [0.15, 0.2) is 8.32 Å². The van der Waals surface area contributed by atoms with Crippen LogP contribution in [-0.4, -0.2) is 53.5 Å². The maximum atomic E-state index is 12.5. The number of ether oxygens (including phenoxy) is 3. The quantitative estimate of drug-likeness (QED) is 0.159. The number of amides is 1. The summed E-state index contributed by atoms with van der Waals surface area (Å²) in [7, 11) is -1.91. The maximum Gasteiger partial charge on any atom is 0.407 e. The van der Waals surface area contributed by atoms with Crippen LogP contribution >= 0.6 is 0 Å². The number of nitrogens with one attached hydrogen (secondary N) is 1. The van der Waals surface area contributed by atoms with Gasteiger partial charge < -0.3 is 24.0 Å². The number of hydrogen-bond acceptors (Lipinski definition) is 5. The second-order valence-corrected chi connectivity index (χ2v) is 17.0. The summed E-state index contributed by atoms with van der Waals surface area (Å²) in [4.78, 5) is 12.5. The van der Waals surface area contributed by atoms with Crippen molar-refractivity contribution in [2.24, 2.45) is 0 Å². The van der Waals surface area contributed by atoms with Gasteiger partial charge in [-0.15, -0.1) is 0 Å². The Morgan fingerprint density at radius 3 is 2.12 bits per heavy atom. The topological polar surface area (TPSA) is 66.0 Å². The van der Waals surface area contributed by atoms with E-state index in [0.29, 0.717) is 46.0 Å². The van der Waals surface area contributed by atoms with E-state index in [9.17, 15) is 4.79 Å². The van der Waals surface area contributed by atoms with Crippen molar-refractivity contribution in [2.75, 3.05) is 33.0 Å². The molecule has 1 aliphatic carbocycles. The van der Waals surface area contributed by atoms with E-state index in [2.05, 4.69) is 75.6 Å². The predicted molar refractivity (Wildman–Crippen MR) is 167 cm³/mol. The third-order valence-corrected chi connectivity index (χ3v) is 12.6. The fourth-order valence-corrected chi connectivity index (χ4v) is 5.74. The van der Waals surface area contributed by atoms with Crippen molar-refractivity contribution in [3.05, 3.63) is 95.6 Å². The van der Waals surface area contributed by atoms with Crippen LogP contribution in [-0.2, 0) is 25.2 Å². The molecular formula is C34H45NO5Si. The number of carbonyl (C=O) groups excluding carboxylic acids is 1. The van der Waals surface area contributed by atoms with Crippen molar-refractivity contribution in [3.8, 4) is 11.1 Å². The number of rotatable bonds is 14. The molecule has 0 fully saturated rings. The standard InChI is InChI=1S/C34H45NO5Si/c1-34(2,3)41(4,5)40-24-27(23-37-22-26-14-7-6-8-15-26)38-21-13-20-35-33(36)39-25-32-30-18-11-9-16-28(30)29-17-10-12-19-31(29)32/h6-12,14-19,27,32H,13,20-25H2,1-5H3,(H,35,36)/t27-/m1/s1. The Kier molecular flexibility index (Phi) is 10.8. The molecule has 0 bridgehead atoms.